The second kappa shape index (κ2) is 11.8. The van der Waals surface area contributed by atoms with E-state index in [-0.39, 0.29) is 23.3 Å². The van der Waals surface area contributed by atoms with Gasteiger partial charge >= 0.3 is 11.9 Å². The minimum atomic E-state index is -0.990. The number of aromatic carboxylic acids is 1. The van der Waals surface area contributed by atoms with Crippen LogP contribution in [0.5, 0.6) is 11.5 Å². The molecular weight excluding hydrogens is 570 g/mol. The number of hydrogen-bond acceptors (Lipinski definition) is 8. The van der Waals surface area contributed by atoms with Gasteiger partial charge in [0.05, 0.1) is 42.2 Å². The third-order valence-corrected chi connectivity index (χ3v) is 8.36. The smallest absolute Gasteiger partial charge is 0.338 e. The summed E-state index contributed by atoms with van der Waals surface area (Å²) in [6, 6.07) is 13.0. The van der Waals surface area contributed by atoms with Crippen molar-refractivity contribution in [3.05, 3.63) is 108 Å². The molecule has 1 aliphatic rings. The number of nitrogens with zero attached hydrogens (tertiary/aromatic N) is 3. The highest BCUT2D eigenvalue weighted by Gasteiger charge is 2.35. The van der Waals surface area contributed by atoms with Crippen molar-refractivity contribution in [2.24, 2.45) is 4.99 Å². The standard InChI is InChI=1S/C32H31N3O7S/c1-7-42-31(39)27-18(3)33-32-35(28(27)24-13-12-23(40-5)16-25(24)41-6)29(36)26(43-32)15-21-14-17(2)34(19(21)4)22-10-8-20(9-11-22)30(37)38/h8-16,28H,7H2,1-6H3,(H,37,38)/b26-15+/t28-/m1/s1. The lowest BCUT2D eigenvalue weighted by Crippen LogP contribution is -2.40. The van der Waals surface area contributed by atoms with Crippen molar-refractivity contribution in [3.63, 3.8) is 0 Å². The molecule has 0 radical (unpaired) electrons. The molecule has 0 fully saturated rings. The fourth-order valence-electron chi connectivity index (χ4n) is 5.36. The van der Waals surface area contributed by atoms with Gasteiger partial charge in [-0.1, -0.05) is 11.3 Å². The molecule has 0 spiro atoms. The van der Waals surface area contributed by atoms with E-state index in [4.69, 9.17) is 14.2 Å². The molecule has 5 rings (SSSR count). The van der Waals surface area contributed by atoms with Crippen LogP contribution in [0.2, 0.25) is 0 Å². The SMILES string of the molecule is CCOC(=O)C1=C(C)N=c2s/c(=C/c3cc(C)n(-c4ccc(C(=O)O)cc4)c3C)c(=O)n2[C@@H]1c1ccc(OC)cc1OC. The van der Waals surface area contributed by atoms with E-state index in [2.05, 4.69) is 4.99 Å². The maximum Gasteiger partial charge on any atom is 0.338 e. The Morgan fingerprint density at radius 1 is 1.05 bits per heavy atom. The summed E-state index contributed by atoms with van der Waals surface area (Å²) in [6.45, 7) is 7.51. The van der Waals surface area contributed by atoms with Crippen molar-refractivity contribution in [3.8, 4) is 17.2 Å². The molecule has 0 saturated heterocycles. The summed E-state index contributed by atoms with van der Waals surface area (Å²) in [5, 5.41) is 9.26. The van der Waals surface area contributed by atoms with Crippen LogP contribution in [0.25, 0.3) is 11.8 Å². The molecule has 1 atom stereocenters. The van der Waals surface area contributed by atoms with Crippen LogP contribution in [0.15, 0.2) is 69.6 Å². The number of allylic oxidation sites excluding steroid dienone is 1. The van der Waals surface area contributed by atoms with Gasteiger partial charge in [-0.15, -0.1) is 0 Å². The number of benzene rings is 2. The van der Waals surface area contributed by atoms with E-state index in [0.717, 1.165) is 22.6 Å². The van der Waals surface area contributed by atoms with Crippen LogP contribution in [0.3, 0.4) is 0 Å². The van der Waals surface area contributed by atoms with Crippen LogP contribution in [-0.4, -0.2) is 47.0 Å². The van der Waals surface area contributed by atoms with Gasteiger partial charge in [0.1, 0.15) is 17.5 Å². The summed E-state index contributed by atoms with van der Waals surface area (Å²) in [5.41, 5.74) is 4.63. The van der Waals surface area contributed by atoms with Gasteiger partial charge in [0.25, 0.3) is 5.56 Å². The Balaban J connectivity index is 1.69. The highest BCUT2D eigenvalue weighted by atomic mass is 32.1. The molecular formula is C32H31N3O7S. The minimum Gasteiger partial charge on any atom is -0.497 e. The first-order chi connectivity index (χ1) is 20.6. The monoisotopic (exact) mass is 601 g/mol. The third kappa shape index (κ3) is 5.27. The molecule has 0 saturated carbocycles. The summed E-state index contributed by atoms with van der Waals surface area (Å²) >= 11 is 1.23. The average Bonchev–Trinajstić information content (AvgIpc) is 3.45. The molecule has 0 amide bonds. The molecule has 10 nitrogen and oxygen atoms in total. The molecule has 2 aromatic carbocycles. The molecule has 0 bridgehead atoms. The van der Waals surface area contributed by atoms with Crippen molar-refractivity contribution in [1.29, 1.82) is 0 Å². The minimum absolute atomic E-state index is 0.168. The number of hydrogen-bond donors (Lipinski definition) is 1. The Kier molecular flexibility index (Phi) is 8.10. The number of carboxylic acid groups (broad SMARTS) is 1. The predicted molar refractivity (Wildman–Crippen MR) is 162 cm³/mol. The number of carbonyl (C=O) groups is 2. The first kappa shape index (κ1) is 29.6. The largest absolute Gasteiger partial charge is 0.497 e. The number of fused-ring (bicyclic) bond motifs is 1. The zero-order valence-corrected chi connectivity index (χ0v) is 25.4. The van der Waals surface area contributed by atoms with E-state index in [0.29, 0.717) is 32.1 Å². The van der Waals surface area contributed by atoms with E-state index in [1.807, 2.05) is 30.6 Å². The number of aromatic nitrogens is 2. The van der Waals surface area contributed by atoms with Crippen LogP contribution in [0.1, 0.15) is 52.8 Å². The van der Waals surface area contributed by atoms with E-state index in [1.54, 1.807) is 63.4 Å². The van der Waals surface area contributed by atoms with Gasteiger partial charge < -0.3 is 23.9 Å². The molecule has 43 heavy (non-hydrogen) atoms. The first-order valence-corrected chi connectivity index (χ1v) is 14.4. The first-order valence-electron chi connectivity index (χ1n) is 13.5. The van der Waals surface area contributed by atoms with Crippen molar-refractivity contribution in [2.75, 3.05) is 20.8 Å². The van der Waals surface area contributed by atoms with Crippen LogP contribution in [0.4, 0.5) is 0 Å². The van der Waals surface area contributed by atoms with Gasteiger partial charge in [-0.2, -0.15) is 0 Å². The lowest BCUT2D eigenvalue weighted by atomic mass is 9.95. The van der Waals surface area contributed by atoms with Gasteiger partial charge in [-0.25, -0.2) is 14.6 Å². The van der Waals surface area contributed by atoms with Crippen LogP contribution < -0.4 is 24.4 Å². The highest BCUT2D eigenvalue weighted by Crippen LogP contribution is 2.37. The van der Waals surface area contributed by atoms with Gasteiger partial charge in [0.15, 0.2) is 4.80 Å². The molecule has 1 N–H and O–H groups in total. The summed E-state index contributed by atoms with van der Waals surface area (Å²) < 4.78 is 20.4. The number of ether oxygens (including phenoxy) is 3. The number of thiazole rings is 1. The molecule has 4 aromatic rings. The molecule has 0 unspecified atom stereocenters. The second-order valence-electron chi connectivity index (χ2n) is 9.92. The Morgan fingerprint density at radius 2 is 1.77 bits per heavy atom. The van der Waals surface area contributed by atoms with Crippen LogP contribution in [-0.2, 0) is 9.53 Å². The molecule has 1 aliphatic heterocycles. The third-order valence-electron chi connectivity index (χ3n) is 7.38. The maximum absolute atomic E-state index is 14.1. The molecule has 2 aromatic heterocycles. The van der Waals surface area contributed by atoms with Crippen molar-refractivity contribution in [2.45, 2.75) is 33.7 Å². The second-order valence-corrected chi connectivity index (χ2v) is 10.9. The van der Waals surface area contributed by atoms with E-state index in [1.165, 1.54) is 23.0 Å². The fourth-order valence-corrected chi connectivity index (χ4v) is 6.39. The van der Waals surface area contributed by atoms with Crippen LogP contribution in [0, 0.1) is 13.8 Å². The zero-order valence-electron chi connectivity index (χ0n) is 24.6. The summed E-state index contributed by atoms with van der Waals surface area (Å²) in [7, 11) is 3.07. The number of carboxylic acids is 1. The van der Waals surface area contributed by atoms with E-state index >= 15 is 0 Å². The van der Waals surface area contributed by atoms with Gasteiger partial charge in [0, 0.05) is 28.7 Å². The number of esters is 1. The molecule has 11 heteroatoms. The summed E-state index contributed by atoms with van der Waals surface area (Å²) in [5.74, 6) is -0.527. The van der Waals surface area contributed by atoms with Gasteiger partial charge in [-0.3, -0.25) is 9.36 Å². The predicted octanol–water partition coefficient (Wildman–Crippen LogP) is 3.92. The lowest BCUT2D eigenvalue weighted by molar-refractivity contribution is -0.139. The summed E-state index contributed by atoms with van der Waals surface area (Å²) in [4.78, 5) is 43.8. The normalized spacial score (nSPS) is 14.7. The number of rotatable bonds is 8. The van der Waals surface area contributed by atoms with Crippen LogP contribution >= 0.6 is 11.3 Å². The van der Waals surface area contributed by atoms with Gasteiger partial charge in [0.2, 0.25) is 0 Å². The maximum atomic E-state index is 14.1. The average molecular weight is 602 g/mol. The fraction of sp³-hybridized carbons (Fsp3) is 0.250. The Bertz CT molecular complexity index is 1960. The van der Waals surface area contributed by atoms with Crippen molar-refractivity contribution >= 4 is 29.4 Å². The Morgan fingerprint density at radius 3 is 2.40 bits per heavy atom. The van der Waals surface area contributed by atoms with Crippen molar-refractivity contribution < 1.29 is 28.9 Å². The quantitative estimate of drug-likeness (QED) is 0.304. The topological polar surface area (TPSA) is 121 Å². The summed E-state index contributed by atoms with van der Waals surface area (Å²) in [6.07, 6.45) is 1.82. The number of aryl methyl sites for hydroxylation is 1. The van der Waals surface area contributed by atoms with E-state index in [9.17, 15) is 19.5 Å². The molecule has 0 aliphatic carbocycles. The highest BCUT2D eigenvalue weighted by molar-refractivity contribution is 7.07. The van der Waals surface area contributed by atoms with Crippen molar-refractivity contribution in [1.82, 2.24) is 9.13 Å². The lowest BCUT2D eigenvalue weighted by Gasteiger charge is -2.26. The number of carbonyl (C=O) groups excluding carboxylic acids is 1. The Labute approximate surface area is 251 Å². The zero-order chi connectivity index (χ0) is 31.0. The van der Waals surface area contributed by atoms with Gasteiger partial charge in [-0.05, 0) is 81.8 Å². The number of methoxy groups -OCH3 is 2. The Hall–Kier alpha value is -4.90. The molecule has 222 valence electrons. The van der Waals surface area contributed by atoms with E-state index < -0.39 is 18.0 Å². The molecule has 3 heterocycles.